The Labute approximate surface area is 111 Å². The third kappa shape index (κ3) is 3.02. The second-order valence-corrected chi connectivity index (χ2v) is 6.44. The van der Waals surface area contributed by atoms with Crippen molar-refractivity contribution in [1.29, 1.82) is 0 Å². The third-order valence-corrected chi connectivity index (χ3v) is 4.74. The van der Waals surface area contributed by atoms with Crippen LogP contribution in [0.2, 0.25) is 0 Å². The molecule has 1 atom stereocenters. The van der Waals surface area contributed by atoms with Crippen molar-refractivity contribution < 1.29 is 13.3 Å². The van der Waals surface area contributed by atoms with E-state index in [1.165, 1.54) is 12.1 Å². The lowest BCUT2D eigenvalue weighted by Crippen LogP contribution is -2.34. The monoisotopic (exact) mass is 285 g/mol. The van der Waals surface area contributed by atoms with Gasteiger partial charge < -0.3 is 5.73 Å². The Morgan fingerprint density at radius 1 is 1.47 bits per heavy atom. The SMILES string of the molecule is CC(NS(=O)(=O)c1ccc(N)c([N+](=O)[O-])c1)C1CC1. The van der Waals surface area contributed by atoms with Crippen LogP contribution >= 0.6 is 0 Å². The van der Waals surface area contributed by atoms with Crippen LogP contribution in [0.3, 0.4) is 0 Å². The highest BCUT2D eigenvalue weighted by atomic mass is 32.2. The minimum atomic E-state index is -3.75. The molecule has 1 fully saturated rings. The molecule has 1 aromatic carbocycles. The van der Waals surface area contributed by atoms with Gasteiger partial charge in [0, 0.05) is 12.1 Å². The van der Waals surface area contributed by atoms with Gasteiger partial charge in [0.2, 0.25) is 10.0 Å². The van der Waals surface area contributed by atoms with Crippen molar-refractivity contribution in [2.45, 2.75) is 30.7 Å². The number of nitrogens with one attached hydrogen (secondary N) is 1. The van der Waals surface area contributed by atoms with Gasteiger partial charge in [-0.15, -0.1) is 0 Å². The number of rotatable bonds is 5. The summed E-state index contributed by atoms with van der Waals surface area (Å²) in [6, 6.07) is 3.32. The van der Waals surface area contributed by atoms with Crippen molar-refractivity contribution in [2.24, 2.45) is 5.92 Å². The van der Waals surface area contributed by atoms with Crippen molar-refractivity contribution in [1.82, 2.24) is 4.72 Å². The predicted molar refractivity (Wildman–Crippen MR) is 70.0 cm³/mol. The van der Waals surface area contributed by atoms with E-state index < -0.39 is 20.6 Å². The van der Waals surface area contributed by atoms with Crippen molar-refractivity contribution in [2.75, 3.05) is 5.73 Å². The van der Waals surface area contributed by atoms with E-state index in [1.54, 1.807) is 6.92 Å². The molecule has 0 amide bonds. The van der Waals surface area contributed by atoms with E-state index in [0.29, 0.717) is 5.92 Å². The number of nitro groups is 1. The van der Waals surface area contributed by atoms with Crippen LogP contribution in [0, 0.1) is 16.0 Å². The molecule has 0 aromatic heterocycles. The van der Waals surface area contributed by atoms with Gasteiger partial charge in [-0.25, -0.2) is 13.1 Å². The van der Waals surface area contributed by atoms with Crippen molar-refractivity contribution in [3.63, 3.8) is 0 Å². The van der Waals surface area contributed by atoms with Crippen LogP contribution in [0.5, 0.6) is 0 Å². The van der Waals surface area contributed by atoms with Crippen molar-refractivity contribution >= 4 is 21.4 Å². The Morgan fingerprint density at radius 3 is 2.63 bits per heavy atom. The lowest BCUT2D eigenvalue weighted by Gasteiger charge is -2.13. The number of nitro benzene ring substituents is 1. The van der Waals surface area contributed by atoms with Crippen LogP contribution in [0.15, 0.2) is 23.1 Å². The molecule has 3 N–H and O–H groups in total. The zero-order chi connectivity index (χ0) is 14.2. The molecule has 7 nitrogen and oxygen atoms in total. The molecule has 0 radical (unpaired) electrons. The summed E-state index contributed by atoms with van der Waals surface area (Å²) in [6.07, 6.45) is 2.01. The highest BCUT2D eigenvalue weighted by Crippen LogP contribution is 2.33. The molecule has 1 aliphatic rings. The maximum Gasteiger partial charge on any atom is 0.293 e. The first kappa shape index (κ1) is 13.8. The molecule has 0 heterocycles. The largest absolute Gasteiger partial charge is 0.393 e. The lowest BCUT2D eigenvalue weighted by molar-refractivity contribution is -0.384. The first-order valence-electron chi connectivity index (χ1n) is 5.87. The summed E-state index contributed by atoms with van der Waals surface area (Å²) in [5.74, 6) is 0.360. The number of sulfonamides is 1. The zero-order valence-electron chi connectivity index (χ0n) is 10.4. The average molecular weight is 285 g/mol. The molecule has 1 aliphatic carbocycles. The Morgan fingerprint density at radius 2 is 2.11 bits per heavy atom. The van der Waals surface area contributed by atoms with E-state index in [-0.39, 0.29) is 16.6 Å². The van der Waals surface area contributed by atoms with E-state index in [4.69, 9.17) is 5.73 Å². The molecule has 0 bridgehead atoms. The molecule has 8 heteroatoms. The summed E-state index contributed by atoms with van der Waals surface area (Å²) in [4.78, 5) is 9.92. The number of benzene rings is 1. The summed E-state index contributed by atoms with van der Waals surface area (Å²) >= 11 is 0. The first-order valence-corrected chi connectivity index (χ1v) is 7.36. The van der Waals surface area contributed by atoms with E-state index in [2.05, 4.69) is 4.72 Å². The maximum absolute atomic E-state index is 12.1. The van der Waals surface area contributed by atoms with Crippen molar-refractivity contribution in [3.8, 4) is 0 Å². The number of nitrogen functional groups attached to an aromatic ring is 1. The highest BCUT2D eigenvalue weighted by Gasteiger charge is 2.31. The Hall–Kier alpha value is -1.67. The van der Waals surface area contributed by atoms with E-state index in [0.717, 1.165) is 18.9 Å². The van der Waals surface area contributed by atoms with E-state index >= 15 is 0 Å². The molecule has 0 saturated heterocycles. The summed E-state index contributed by atoms with van der Waals surface area (Å²) in [5.41, 5.74) is 4.98. The molecule has 1 aromatic rings. The fourth-order valence-electron chi connectivity index (χ4n) is 1.85. The lowest BCUT2D eigenvalue weighted by atomic mass is 10.2. The maximum atomic E-state index is 12.1. The number of hydrogen-bond acceptors (Lipinski definition) is 5. The van der Waals surface area contributed by atoms with Crippen LogP contribution < -0.4 is 10.5 Å². The summed E-state index contributed by atoms with van der Waals surface area (Å²) in [7, 11) is -3.75. The van der Waals surface area contributed by atoms with Crippen LogP contribution in [-0.2, 0) is 10.0 Å². The molecule has 0 spiro atoms. The van der Waals surface area contributed by atoms with Gasteiger partial charge in [0.05, 0.1) is 9.82 Å². The summed E-state index contributed by atoms with van der Waals surface area (Å²) in [5, 5.41) is 10.8. The van der Waals surface area contributed by atoms with Gasteiger partial charge in [-0.05, 0) is 37.8 Å². The first-order chi connectivity index (χ1) is 8.81. The Balaban J connectivity index is 2.29. The fraction of sp³-hybridized carbons (Fsp3) is 0.455. The number of nitrogens with zero attached hydrogens (tertiary/aromatic N) is 1. The van der Waals surface area contributed by atoms with Gasteiger partial charge in [-0.2, -0.15) is 0 Å². The quantitative estimate of drug-likeness (QED) is 0.480. The second-order valence-electron chi connectivity index (χ2n) is 4.73. The molecule has 2 rings (SSSR count). The molecular weight excluding hydrogens is 270 g/mol. The number of nitrogens with two attached hydrogens (primary N) is 1. The molecule has 1 unspecified atom stereocenters. The van der Waals surface area contributed by atoms with Crippen LogP contribution in [0.4, 0.5) is 11.4 Å². The van der Waals surface area contributed by atoms with Gasteiger partial charge >= 0.3 is 0 Å². The second kappa shape index (κ2) is 4.78. The Kier molecular flexibility index (Phi) is 3.46. The third-order valence-electron chi connectivity index (χ3n) is 3.18. The summed E-state index contributed by atoms with van der Waals surface area (Å²) in [6.45, 7) is 1.79. The molecular formula is C11H15N3O4S. The average Bonchev–Trinajstić information content (AvgIpc) is 3.11. The Bertz CT molecular complexity index is 610. The molecule has 19 heavy (non-hydrogen) atoms. The topological polar surface area (TPSA) is 115 Å². The summed E-state index contributed by atoms with van der Waals surface area (Å²) < 4.78 is 26.7. The smallest absolute Gasteiger partial charge is 0.293 e. The standard InChI is InChI=1S/C11H15N3O4S/c1-7(8-2-3-8)13-19(17,18)9-4-5-10(12)11(6-9)14(15)16/h4-8,13H,2-3,12H2,1H3. The van der Waals surface area contributed by atoms with Crippen molar-refractivity contribution in [3.05, 3.63) is 28.3 Å². The number of anilines is 1. The number of hydrogen-bond donors (Lipinski definition) is 2. The minimum absolute atomic E-state index is 0.0563. The van der Waals surface area contributed by atoms with Gasteiger partial charge in [-0.3, -0.25) is 10.1 Å². The van der Waals surface area contributed by atoms with Gasteiger partial charge in [0.15, 0.2) is 0 Å². The molecule has 104 valence electrons. The molecule has 1 saturated carbocycles. The van der Waals surface area contributed by atoms with Crippen LogP contribution in [0.1, 0.15) is 19.8 Å². The van der Waals surface area contributed by atoms with Gasteiger partial charge in [-0.1, -0.05) is 0 Å². The van der Waals surface area contributed by atoms with Crippen LogP contribution in [-0.4, -0.2) is 19.4 Å². The predicted octanol–water partition coefficient (Wildman–Crippen LogP) is 1.25. The van der Waals surface area contributed by atoms with E-state index in [9.17, 15) is 18.5 Å². The van der Waals surface area contributed by atoms with Crippen LogP contribution in [0.25, 0.3) is 0 Å². The van der Waals surface area contributed by atoms with Gasteiger partial charge in [0.25, 0.3) is 5.69 Å². The van der Waals surface area contributed by atoms with Gasteiger partial charge in [0.1, 0.15) is 5.69 Å². The minimum Gasteiger partial charge on any atom is -0.393 e. The fourth-order valence-corrected chi connectivity index (χ4v) is 3.19. The molecule has 0 aliphatic heterocycles. The zero-order valence-corrected chi connectivity index (χ0v) is 11.2. The normalized spacial score (nSPS) is 17.1. The highest BCUT2D eigenvalue weighted by molar-refractivity contribution is 7.89. The van der Waals surface area contributed by atoms with E-state index in [1.807, 2.05) is 0 Å².